The maximum Gasteiger partial charge on any atom is 0.227 e. The monoisotopic (exact) mass is 322 g/mol. The van der Waals surface area contributed by atoms with Gasteiger partial charge in [-0.05, 0) is 36.8 Å². The van der Waals surface area contributed by atoms with Crippen LogP contribution in [0, 0.1) is 12.7 Å². The Morgan fingerprint density at radius 3 is 2.79 bits per heavy atom. The molecule has 1 aliphatic heterocycles. The van der Waals surface area contributed by atoms with E-state index in [-0.39, 0.29) is 11.7 Å². The normalized spacial score (nSPS) is 14.0. The van der Waals surface area contributed by atoms with Gasteiger partial charge in [-0.3, -0.25) is 4.79 Å². The van der Waals surface area contributed by atoms with Gasteiger partial charge in [-0.1, -0.05) is 23.8 Å². The molecule has 24 heavy (non-hydrogen) atoms. The first-order valence-corrected chi connectivity index (χ1v) is 8.22. The van der Waals surface area contributed by atoms with Crippen LogP contribution in [0.25, 0.3) is 10.9 Å². The van der Waals surface area contributed by atoms with Crippen LogP contribution in [0.4, 0.5) is 4.39 Å². The van der Waals surface area contributed by atoms with E-state index in [0.29, 0.717) is 13.0 Å². The molecule has 3 nitrogen and oxygen atoms in total. The average Bonchev–Trinajstić information content (AvgIpc) is 2.94. The fourth-order valence-corrected chi connectivity index (χ4v) is 3.43. The number of nitrogens with zero attached hydrogens (tertiary/aromatic N) is 1. The minimum absolute atomic E-state index is 0.0919. The summed E-state index contributed by atoms with van der Waals surface area (Å²) in [5.41, 5.74) is 5.67. The Labute approximate surface area is 140 Å². The number of amides is 1. The van der Waals surface area contributed by atoms with Crippen molar-refractivity contribution in [2.24, 2.45) is 0 Å². The molecular weight excluding hydrogens is 303 g/mol. The summed E-state index contributed by atoms with van der Waals surface area (Å²) in [5, 5.41) is 1.21. The summed E-state index contributed by atoms with van der Waals surface area (Å²) >= 11 is 0. The van der Waals surface area contributed by atoms with Crippen molar-refractivity contribution in [3.05, 3.63) is 70.7 Å². The lowest BCUT2D eigenvalue weighted by Crippen LogP contribution is -2.36. The minimum Gasteiger partial charge on any atom is -0.358 e. The summed E-state index contributed by atoms with van der Waals surface area (Å²) < 4.78 is 13.0. The molecule has 0 fully saturated rings. The number of fused-ring (bicyclic) bond motifs is 3. The van der Waals surface area contributed by atoms with E-state index >= 15 is 0 Å². The molecule has 4 rings (SSSR count). The summed E-state index contributed by atoms with van der Waals surface area (Å²) in [4.78, 5) is 18.0. The van der Waals surface area contributed by atoms with Gasteiger partial charge in [0.25, 0.3) is 0 Å². The zero-order chi connectivity index (χ0) is 16.7. The quantitative estimate of drug-likeness (QED) is 0.766. The first-order valence-electron chi connectivity index (χ1n) is 8.22. The van der Waals surface area contributed by atoms with Crippen molar-refractivity contribution < 1.29 is 9.18 Å². The fraction of sp³-hybridized carbons (Fsp3) is 0.250. The fourth-order valence-electron chi connectivity index (χ4n) is 3.43. The number of aromatic amines is 1. The molecule has 0 saturated heterocycles. The molecule has 1 aromatic heterocycles. The molecule has 0 aliphatic carbocycles. The summed E-state index contributed by atoms with van der Waals surface area (Å²) in [6, 6.07) is 12.5. The molecule has 0 bridgehead atoms. The van der Waals surface area contributed by atoms with Crippen molar-refractivity contribution in [3.8, 4) is 0 Å². The molecule has 2 heterocycles. The number of hydrogen-bond donors (Lipinski definition) is 1. The van der Waals surface area contributed by atoms with Crippen LogP contribution in [0.2, 0.25) is 0 Å². The number of rotatable bonds is 2. The van der Waals surface area contributed by atoms with Gasteiger partial charge in [-0.2, -0.15) is 0 Å². The Kier molecular flexibility index (Phi) is 3.60. The van der Waals surface area contributed by atoms with E-state index in [9.17, 15) is 9.18 Å². The Balaban J connectivity index is 1.57. The van der Waals surface area contributed by atoms with E-state index in [2.05, 4.69) is 30.1 Å². The molecular formula is C20H19FN2O. The Morgan fingerprint density at radius 2 is 2.00 bits per heavy atom. The summed E-state index contributed by atoms with van der Waals surface area (Å²) in [6.07, 6.45) is 1.16. The van der Waals surface area contributed by atoms with E-state index in [1.807, 2.05) is 4.90 Å². The SMILES string of the molecule is Cc1ccc2[nH]c3c(c2c1)CN(C(=O)Cc1ccc(F)cc1)CC3. The van der Waals surface area contributed by atoms with Crippen LogP contribution in [-0.4, -0.2) is 22.3 Å². The molecule has 122 valence electrons. The molecule has 4 heteroatoms. The van der Waals surface area contributed by atoms with Crippen molar-refractivity contribution in [2.75, 3.05) is 6.54 Å². The van der Waals surface area contributed by atoms with Gasteiger partial charge in [0.1, 0.15) is 5.82 Å². The predicted octanol–water partition coefficient (Wildman–Crippen LogP) is 3.74. The van der Waals surface area contributed by atoms with Crippen LogP contribution in [0.1, 0.15) is 22.4 Å². The van der Waals surface area contributed by atoms with Gasteiger partial charge < -0.3 is 9.88 Å². The van der Waals surface area contributed by atoms with Crippen LogP contribution >= 0.6 is 0 Å². The number of nitrogens with one attached hydrogen (secondary N) is 1. The molecule has 1 amide bonds. The van der Waals surface area contributed by atoms with Gasteiger partial charge in [0.2, 0.25) is 5.91 Å². The van der Waals surface area contributed by atoms with Gasteiger partial charge in [0, 0.05) is 41.7 Å². The minimum atomic E-state index is -0.275. The van der Waals surface area contributed by atoms with E-state index in [1.165, 1.54) is 34.3 Å². The van der Waals surface area contributed by atoms with Crippen molar-refractivity contribution in [2.45, 2.75) is 26.3 Å². The summed E-state index contributed by atoms with van der Waals surface area (Å²) in [5.74, 6) is -0.183. The molecule has 1 aliphatic rings. The van der Waals surface area contributed by atoms with Crippen LogP contribution in [0.3, 0.4) is 0 Å². The molecule has 0 radical (unpaired) electrons. The van der Waals surface area contributed by atoms with E-state index in [0.717, 1.165) is 24.0 Å². The number of aromatic nitrogens is 1. The van der Waals surface area contributed by atoms with Crippen molar-refractivity contribution in [1.29, 1.82) is 0 Å². The lowest BCUT2D eigenvalue weighted by atomic mass is 10.0. The topological polar surface area (TPSA) is 36.1 Å². The van der Waals surface area contributed by atoms with E-state index in [1.54, 1.807) is 12.1 Å². The molecule has 0 spiro atoms. The third-order valence-electron chi connectivity index (χ3n) is 4.75. The molecule has 3 aromatic rings. The highest BCUT2D eigenvalue weighted by molar-refractivity contribution is 5.87. The van der Waals surface area contributed by atoms with E-state index < -0.39 is 0 Å². The number of benzene rings is 2. The Bertz CT molecular complexity index is 911. The third kappa shape index (κ3) is 2.68. The molecule has 0 saturated carbocycles. The zero-order valence-corrected chi connectivity index (χ0v) is 13.6. The predicted molar refractivity (Wildman–Crippen MR) is 92.3 cm³/mol. The van der Waals surface area contributed by atoms with Crippen LogP contribution in [0.5, 0.6) is 0 Å². The molecule has 0 unspecified atom stereocenters. The Hall–Kier alpha value is -2.62. The summed E-state index contributed by atoms with van der Waals surface area (Å²) in [7, 11) is 0. The average molecular weight is 322 g/mol. The number of hydrogen-bond acceptors (Lipinski definition) is 1. The lowest BCUT2D eigenvalue weighted by molar-refractivity contribution is -0.131. The largest absolute Gasteiger partial charge is 0.358 e. The Morgan fingerprint density at radius 1 is 1.21 bits per heavy atom. The third-order valence-corrected chi connectivity index (χ3v) is 4.75. The van der Waals surface area contributed by atoms with Gasteiger partial charge >= 0.3 is 0 Å². The highest BCUT2D eigenvalue weighted by Gasteiger charge is 2.24. The standard InChI is InChI=1S/C20H19FN2O/c1-13-2-7-18-16(10-13)17-12-23(9-8-19(17)22-18)20(24)11-14-3-5-15(21)6-4-14/h2-7,10,22H,8-9,11-12H2,1H3. The molecule has 2 aromatic carbocycles. The van der Waals surface area contributed by atoms with E-state index in [4.69, 9.17) is 0 Å². The lowest BCUT2D eigenvalue weighted by Gasteiger charge is -2.27. The first-order chi connectivity index (χ1) is 11.6. The van der Waals surface area contributed by atoms with Crippen molar-refractivity contribution >= 4 is 16.8 Å². The number of halogens is 1. The van der Waals surface area contributed by atoms with Crippen LogP contribution in [0.15, 0.2) is 42.5 Å². The first kappa shape index (κ1) is 14.9. The summed E-state index contributed by atoms with van der Waals surface area (Å²) in [6.45, 7) is 3.44. The van der Waals surface area contributed by atoms with Crippen molar-refractivity contribution in [3.63, 3.8) is 0 Å². The van der Waals surface area contributed by atoms with Gasteiger partial charge in [0.15, 0.2) is 0 Å². The zero-order valence-electron chi connectivity index (χ0n) is 13.6. The number of aryl methyl sites for hydroxylation is 1. The highest BCUT2D eigenvalue weighted by Crippen LogP contribution is 2.28. The van der Waals surface area contributed by atoms with Crippen molar-refractivity contribution in [1.82, 2.24) is 9.88 Å². The number of carbonyl (C=O) groups excluding carboxylic acids is 1. The number of H-pyrrole nitrogens is 1. The second-order valence-corrected chi connectivity index (χ2v) is 6.50. The second kappa shape index (κ2) is 5.78. The molecule has 1 N–H and O–H groups in total. The number of carbonyl (C=O) groups is 1. The maximum atomic E-state index is 13.0. The highest BCUT2D eigenvalue weighted by atomic mass is 19.1. The smallest absolute Gasteiger partial charge is 0.227 e. The molecule has 0 atom stereocenters. The van der Waals surface area contributed by atoms with Gasteiger partial charge in [-0.25, -0.2) is 4.39 Å². The maximum absolute atomic E-state index is 13.0. The van der Waals surface area contributed by atoms with Crippen LogP contribution in [-0.2, 0) is 24.2 Å². The second-order valence-electron chi connectivity index (χ2n) is 6.50. The van der Waals surface area contributed by atoms with Crippen LogP contribution < -0.4 is 0 Å². The van der Waals surface area contributed by atoms with Gasteiger partial charge in [0.05, 0.1) is 6.42 Å². The van der Waals surface area contributed by atoms with Gasteiger partial charge in [-0.15, -0.1) is 0 Å².